The fourth-order valence-corrected chi connectivity index (χ4v) is 4.11. The molecule has 0 bridgehead atoms. The molecule has 1 aliphatic heterocycles. The molecule has 24 heavy (non-hydrogen) atoms. The van der Waals surface area contributed by atoms with Gasteiger partial charge in [0.25, 0.3) is 0 Å². The molecule has 2 aliphatic rings. The number of benzene rings is 1. The molecule has 1 aromatic carbocycles. The largest absolute Gasteiger partial charge is 0.497 e. The fourth-order valence-electron chi connectivity index (χ4n) is 4.11. The van der Waals surface area contributed by atoms with Crippen molar-refractivity contribution < 1.29 is 14.3 Å². The van der Waals surface area contributed by atoms with E-state index >= 15 is 0 Å². The number of amides is 1. The van der Waals surface area contributed by atoms with E-state index < -0.39 is 0 Å². The van der Waals surface area contributed by atoms with Gasteiger partial charge in [0.2, 0.25) is 5.91 Å². The lowest BCUT2D eigenvalue weighted by Crippen LogP contribution is -2.43. The molecule has 1 atom stereocenters. The van der Waals surface area contributed by atoms with Crippen molar-refractivity contribution in [2.24, 2.45) is 5.92 Å². The standard InChI is InChI=1S/C20H29NO3/c1-23-18-8-6-17(7-9-18)20(11-2-3-12-20)19(22)21-13-4-5-16-10-14-24-15-16/h6-9,16H,2-5,10-15H2,1H3,(H,21,22)/t16-/m0/s1. The van der Waals surface area contributed by atoms with Crippen LogP contribution in [0.1, 0.15) is 50.5 Å². The monoisotopic (exact) mass is 331 g/mol. The van der Waals surface area contributed by atoms with Crippen molar-refractivity contribution >= 4 is 5.91 Å². The van der Waals surface area contributed by atoms with Gasteiger partial charge in [-0.15, -0.1) is 0 Å². The van der Waals surface area contributed by atoms with Crippen LogP contribution in [0.5, 0.6) is 5.75 Å². The molecule has 1 heterocycles. The summed E-state index contributed by atoms with van der Waals surface area (Å²) in [6.07, 6.45) is 7.50. The van der Waals surface area contributed by atoms with Crippen molar-refractivity contribution in [3.8, 4) is 5.75 Å². The summed E-state index contributed by atoms with van der Waals surface area (Å²) < 4.78 is 10.7. The SMILES string of the molecule is COc1ccc(C2(C(=O)NCCC[C@H]3CCOC3)CCCC2)cc1. The van der Waals surface area contributed by atoms with E-state index in [1.54, 1.807) is 7.11 Å². The Hall–Kier alpha value is -1.55. The number of rotatable bonds is 7. The molecule has 0 aromatic heterocycles. The molecule has 132 valence electrons. The zero-order valence-electron chi connectivity index (χ0n) is 14.7. The van der Waals surface area contributed by atoms with Gasteiger partial charge in [0.15, 0.2) is 0 Å². The van der Waals surface area contributed by atoms with Crippen LogP contribution in [0.3, 0.4) is 0 Å². The first kappa shape index (κ1) is 17.3. The Bertz CT molecular complexity index is 528. The summed E-state index contributed by atoms with van der Waals surface area (Å²) in [6, 6.07) is 8.03. The molecule has 1 saturated heterocycles. The number of carbonyl (C=O) groups excluding carboxylic acids is 1. The predicted octanol–water partition coefficient (Wildman–Crippen LogP) is 3.44. The molecule has 2 fully saturated rings. The van der Waals surface area contributed by atoms with Crippen molar-refractivity contribution in [3.63, 3.8) is 0 Å². The zero-order chi connectivity index (χ0) is 16.8. The Morgan fingerprint density at radius 1 is 1.29 bits per heavy atom. The topological polar surface area (TPSA) is 47.6 Å². The molecule has 1 aromatic rings. The van der Waals surface area contributed by atoms with Gasteiger partial charge in [0.1, 0.15) is 5.75 Å². The van der Waals surface area contributed by atoms with Crippen molar-refractivity contribution in [1.82, 2.24) is 5.32 Å². The van der Waals surface area contributed by atoms with Crippen LogP contribution in [-0.4, -0.2) is 32.8 Å². The second-order valence-electron chi connectivity index (χ2n) is 7.15. The van der Waals surface area contributed by atoms with E-state index in [0.29, 0.717) is 5.92 Å². The maximum atomic E-state index is 13.0. The van der Waals surface area contributed by atoms with Gasteiger partial charge >= 0.3 is 0 Å². The Morgan fingerprint density at radius 3 is 2.67 bits per heavy atom. The summed E-state index contributed by atoms with van der Waals surface area (Å²) in [5.74, 6) is 1.72. The van der Waals surface area contributed by atoms with Gasteiger partial charge in [0.05, 0.1) is 12.5 Å². The Morgan fingerprint density at radius 2 is 2.04 bits per heavy atom. The summed E-state index contributed by atoms with van der Waals surface area (Å²) in [5, 5.41) is 3.21. The summed E-state index contributed by atoms with van der Waals surface area (Å²) in [4.78, 5) is 13.0. The number of hydrogen-bond donors (Lipinski definition) is 1. The van der Waals surface area contributed by atoms with Crippen molar-refractivity contribution in [2.45, 2.75) is 50.4 Å². The molecule has 1 aliphatic carbocycles. The lowest BCUT2D eigenvalue weighted by Gasteiger charge is -2.28. The highest BCUT2D eigenvalue weighted by Crippen LogP contribution is 2.41. The molecule has 1 saturated carbocycles. The van der Waals surface area contributed by atoms with Gasteiger partial charge < -0.3 is 14.8 Å². The zero-order valence-corrected chi connectivity index (χ0v) is 14.7. The highest BCUT2D eigenvalue weighted by molar-refractivity contribution is 5.88. The fraction of sp³-hybridized carbons (Fsp3) is 0.650. The Kier molecular flexibility index (Phi) is 5.77. The molecule has 4 nitrogen and oxygen atoms in total. The lowest BCUT2D eigenvalue weighted by molar-refractivity contribution is -0.126. The van der Waals surface area contributed by atoms with Crippen LogP contribution in [0.4, 0.5) is 0 Å². The summed E-state index contributed by atoms with van der Waals surface area (Å²) in [7, 11) is 1.67. The van der Waals surface area contributed by atoms with Crippen molar-refractivity contribution in [2.75, 3.05) is 26.9 Å². The quantitative estimate of drug-likeness (QED) is 0.779. The average molecular weight is 331 g/mol. The van der Waals surface area contributed by atoms with Crippen LogP contribution >= 0.6 is 0 Å². The number of hydrogen-bond acceptors (Lipinski definition) is 3. The van der Waals surface area contributed by atoms with Gasteiger partial charge in [-0.25, -0.2) is 0 Å². The first-order chi connectivity index (χ1) is 11.7. The number of nitrogens with one attached hydrogen (secondary N) is 1. The predicted molar refractivity (Wildman–Crippen MR) is 94.3 cm³/mol. The van der Waals surface area contributed by atoms with E-state index in [0.717, 1.165) is 69.6 Å². The lowest BCUT2D eigenvalue weighted by atomic mass is 9.78. The maximum Gasteiger partial charge on any atom is 0.230 e. The number of ether oxygens (including phenoxy) is 2. The van der Waals surface area contributed by atoms with E-state index in [2.05, 4.69) is 17.4 Å². The smallest absolute Gasteiger partial charge is 0.230 e. The number of methoxy groups -OCH3 is 1. The minimum Gasteiger partial charge on any atom is -0.497 e. The summed E-state index contributed by atoms with van der Waals surface area (Å²) >= 11 is 0. The summed E-state index contributed by atoms with van der Waals surface area (Å²) in [5.41, 5.74) is 0.783. The van der Waals surface area contributed by atoms with Crippen molar-refractivity contribution in [3.05, 3.63) is 29.8 Å². The normalized spacial score (nSPS) is 22.5. The molecule has 1 N–H and O–H groups in total. The third-order valence-corrected chi connectivity index (χ3v) is 5.63. The molecule has 1 amide bonds. The van der Waals surface area contributed by atoms with Gasteiger partial charge in [0, 0.05) is 19.8 Å². The third-order valence-electron chi connectivity index (χ3n) is 5.63. The molecular formula is C20H29NO3. The van der Waals surface area contributed by atoms with E-state index in [-0.39, 0.29) is 11.3 Å². The highest BCUT2D eigenvalue weighted by atomic mass is 16.5. The maximum absolute atomic E-state index is 13.0. The van der Waals surface area contributed by atoms with E-state index in [1.165, 1.54) is 6.42 Å². The first-order valence-electron chi connectivity index (χ1n) is 9.25. The van der Waals surface area contributed by atoms with Crippen LogP contribution in [0, 0.1) is 5.92 Å². The van der Waals surface area contributed by atoms with Crippen LogP contribution in [0.15, 0.2) is 24.3 Å². The van der Waals surface area contributed by atoms with Gasteiger partial charge in [-0.2, -0.15) is 0 Å². The second kappa shape index (κ2) is 8.02. The van der Waals surface area contributed by atoms with Crippen LogP contribution in [0.2, 0.25) is 0 Å². The van der Waals surface area contributed by atoms with E-state index in [1.807, 2.05) is 12.1 Å². The van der Waals surface area contributed by atoms with Crippen LogP contribution in [-0.2, 0) is 14.9 Å². The Labute approximate surface area is 144 Å². The van der Waals surface area contributed by atoms with Gasteiger partial charge in [-0.05, 0) is 55.7 Å². The van der Waals surface area contributed by atoms with E-state index in [9.17, 15) is 4.79 Å². The minimum absolute atomic E-state index is 0.202. The van der Waals surface area contributed by atoms with Crippen LogP contribution < -0.4 is 10.1 Å². The molecule has 3 rings (SSSR count). The van der Waals surface area contributed by atoms with Gasteiger partial charge in [-0.1, -0.05) is 25.0 Å². The minimum atomic E-state index is -0.345. The summed E-state index contributed by atoms with van der Waals surface area (Å²) in [6.45, 7) is 2.56. The molecule has 0 radical (unpaired) electrons. The third kappa shape index (κ3) is 3.75. The van der Waals surface area contributed by atoms with Crippen LogP contribution in [0.25, 0.3) is 0 Å². The highest BCUT2D eigenvalue weighted by Gasteiger charge is 2.42. The van der Waals surface area contributed by atoms with E-state index in [4.69, 9.17) is 9.47 Å². The molecule has 4 heteroatoms. The molecule has 0 spiro atoms. The number of carbonyl (C=O) groups is 1. The van der Waals surface area contributed by atoms with Gasteiger partial charge in [-0.3, -0.25) is 4.79 Å². The molecule has 0 unspecified atom stereocenters. The second-order valence-corrected chi connectivity index (χ2v) is 7.15. The average Bonchev–Trinajstić information content (AvgIpc) is 3.31. The van der Waals surface area contributed by atoms with Crippen molar-refractivity contribution in [1.29, 1.82) is 0 Å². The molecular weight excluding hydrogens is 302 g/mol. The first-order valence-corrected chi connectivity index (χ1v) is 9.25. The Balaban J connectivity index is 1.58.